The third kappa shape index (κ3) is 3.14. The Hall–Kier alpha value is -3.87. The van der Waals surface area contributed by atoms with Gasteiger partial charge in [-0.2, -0.15) is 5.10 Å². The number of pyridine rings is 1. The van der Waals surface area contributed by atoms with E-state index in [1.165, 1.54) is 20.4 Å². The summed E-state index contributed by atoms with van der Waals surface area (Å²) in [4.78, 5) is 24.9. The van der Waals surface area contributed by atoms with E-state index in [4.69, 9.17) is 14.2 Å². The molecule has 0 aliphatic rings. The molecule has 0 N–H and O–H groups in total. The van der Waals surface area contributed by atoms with Crippen LogP contribution in [0.25, 0.3) is 27.5 Å². The number of esters is 2. The van der Waals surface area contributed by atoms with Crippen LogP contribution in [0.3, 0.4) is 0 Å². The number of carbonyl (C=O) groups is 2. The maximum absolute atomic E-state index is 12.4. The first kappa shape index (κ1) is 19.4. The van der Waals surface area contributed by atoms with Crippen molar-refractivity contribution in [1.82, 2.24) is 9.61 Å². The van der Waals surface area contributed by atoms with Gasteiger partial charge < -0.3 is 14.2 Å². The molecule has 0 atom stereocenters. The van der Waals surface area contributed by atoms with Gasteiger partial charge >= 0.3 is 11.9 Å². The van der Waals surface area contributed by atoms with Crippen LogP contribution in [0.2, 0.25) is 0 Å². The summed E-state index contributed by atoms with van der Waals surface area (Å²) in [5, 5.41) is 6.32. The van der Waals surface area contributed by atoms with Crippen molar-refractivity contribution in [3.63, 3.8) is 0 Å². The number of fused-ring (bicyclic) bond motifs is 3. The maximum atomic E-state index is 12.4. The summed E-state index contributed by atoms with van der Waals surface area (Å²) in [6.07, 6.45) is 1.52. The van der Waals surface area contributed by atoms with Gasteiger partial charge in [0.2, 0.25) is 0 Å². The maximum Gasteiger partial charge on any atom is 0.324 e. The Labute approximate surface area is 172 Å². The first-order chi connectivity index (χ1) is 14.6. The number of benzene rings is 2. The van der Waals surface area contributed by atoms with Crippen molar-refractivity contribution < 1.29 is 23.8 Å². The smallest absolute Gasteiger partial charge is 0.324 e. The van der Waals surface area contributed by atoms with E-state index in [9.17, 15) is 9.59 Å². The lowest BCUT2D eigenvalue weighted by Gasteiger charge is -2.14. The SMILES string of the molecule is COC(=O)C(C(=O)OC)c1cnn2c(-c3ccc(OC)cc3)cc3ccccc3c12. The van der Waals surface area contributed by atoms with Crippen molar-refractivity contribution in [3.05, 3.63) is 66.4 Å². The molecule has 0 aliphatic heterocycles. The van der Waals surface area contributed by atoms with Crippen LogP contribution in [-0.4, -0.2) is 42.9 Å². The van der Waals surface area contributed by atoms with Gasteiger partial charge in [0.1, 0.15) is 5.75 Å². The average Bonchev–Trinajstić information content (AvgIpc) is 3.23. The Bertz CT molecular complexity index is 1230. The monoisotopic (exact) mass is 404 g/mol. The van der Waals surface area contributed by atoms with Gasteiger partial charge in [-0.3, -0.25) is 9.59 Å². The first-order valence-corrected chi connectivity index (χ1v) is 9.28. The van der Waals surface area contributed by atoms with Gasteiger partial charge in [0.05, 0.1) is 38.7 Å². The van der Waals surface area contributed by atoms with Gasteiger partial charge in [-0.15, -0.1) is 0 Å². The van der Waals surface area contributed by atoms with Gasteiger partial charge in [0, 0.05) is 16.5 Å². The number of hydrogen-bond acceptors (Lipinski definition) is 6. The molecular weight excluding hydrogens is 384 g/mol. The lowest BCUT2D eigenvalue weighted by Crippen LogP contribution is -2.24. The van der Waals surface area contributed by atoms with Gasteiger partial charge in [-0.25, -0.2) is 4.52 Å². The van der Waals surface area contributed by atoms with E-state index in [2.05, 4.69) is 5.10 Å². The van der Waals surface area contributed by atoms with Crippen molar-refractivity contribution >= 4 is 28.2 Å². The summed E-state index contributed by atoms with van der Waals surface area (Å²) in [7, 11) is 4.10. The number of aromatic nitrogens is 2. The summed E-state index contributed by atoms with van der Waals surface area (Å²) >= 11 is 0. The second-order valence-electron chi connectivity index (χ2n) is 6.68. The zero-order valence-electron chi connectivity index (χ0n) is 16.8. The van der Waals surface area contributed by atoms with E-state index < -0.39 is 17.9 Å². The molecule has 7 heteroatoms. The third-order valence-electron chi connectivity index (χ3n) is 5.10. The molecule has 2 aromatic carbocycles. The van der Waals surface area contributed by atoms with Crippen LogP contribution in [0.15, 0.2) is 60.8 Å². The molecule has 2 heterocycles. The van der Waals surface area contributed by atoms with E-state index in [1.54, 1.807) is 11.6 Å². The van der Waals surface area contributed by atoms with Crippen molar-refractivity contribution in [2.24, 2.45) is 0 Å². The standard InChI is InChI=1S/C23H20N2O5/c1-28-16-10-8-14(9-11-16)19-12-15-6-4-5-7-17(15)21-18(13-24-25(19)21)20(22(26)29-2)23(27)30-3/h4-13,20H,1-3H3. The number of ether oxygens (including phenoxy) is 3. The highest BCUT2D eigenvalue weighted by molar-refractivity contribution is 6.07. The Morgan fingerprint density at radius 3 is 2.23 bits per heavy atom. The second-order valence-corrected chi connectivity index (χ2v) is 6.68. The topological polar surface area (TPSA) is 79.1 Å². The highest BCUT2D eigenvalue weighted by atomic mass is 16.5. The van der Waals surface area contributed by atoms with Gasteiger partial charge in [-0.05, 0) is 35.7 Å². The summed E-state index contributed by atoms with van der Waals surface area (Å²) in [6.45, 7) is 0. The Morgan fingerprint density at radius 1 is 0.933 bits per heavy atom. The molecule has 0 saturated carbocycles. The Balaban J connectivity index is 2.04. The third-order valence-corrected chi connectivity index (χ3v) is 5.10. The summed E-state index contributed by atoms with van der Waals surface area (Å²) in [5.41, 5.74) is 2.81. The van der Waals surface area contributed by atoms with E-state index in [0.29, 0.717) is 11.1 Å². The molecule has 0 amide bonds. The average molecular weight is 404 g/mol. The minimum Gasteiger partial charge on any atom is -0.497 e. The Kier molecular flexibility index (Phi) is 5.10. The van der Waals surface area contributed by atoms with Crippen LogP contribution < -0.4 is 4.74 Å². The minimum absolute atomic E-state index is 0.431. The molecule has 0 spiro atoms. The van der Waals surface area contributed by atoms with Crippen LogP contribution in [0.4, 0.5) is 0 Å². The molecule has 4 aromatic rings. The van der Waals surface area contributed by atoms with Gasteiger partial charge in [0.25, 0.3) is 0 Å². The molecule has 0 unspecified atom stereocenters. The quantitative estimate of drug-likeness (QED) is 0.374. The predicted molar refractivity (Wildman–Crippen MR) is 111 cm³/mol. The lowest BCUT2D eigenvalue weighted by atomic mass is 9.97. The lowest BCUT2D eigenvalue weighted by molar-refractivity contribution is -0.154. The van der Waals surface area contributed by atoms with Crippen molar-refractivity contribution in [3.8, 4) is 17.0 Å². The number of nitrogens with zero attached hydrogens (tertiary/aromatic N) is 2. The summed E-state index contributed by atoms with van der Waals surface area (Å²) in [6, 6.07) is 17.4. The van der Waals surface area contributed by atoms with Crippen molar-refractivity contribution in [1.29, 1.82) is 0 Å². The fraction of sp³-hybridized carbons (Fsp3) is 0.174. The molecule has 0 saturated heterocycles. The molecule has 0 bridgehead atoms. The second kappa shape index (κ2) is 7.87. The molecule has 152 valence electrons. The minimum atomic E-state index is -1.23. The van der Waals surface area contributed by atoms with E-state index >= 15 is 0 Å². The van der Waals surface area contributed by atoms with Crippen molar-refractivity contribution in [2.45, 2.75) is 5.92 Å². The number of carbonyl (C=O) groups excluding carboxylic acids is 2. The fourth-order valence-electron chi connectivity index (χ4n) is 3.62. The number of rotatable bonds is 5. The number of methoxy groups -OCH3 is 3. The van der Waals surface area contributed by atoms with E-state index in [0.717, 1.165) is 27.8 Å². The molecular formula is C23H20N2O5. The molecule has 0 fully saturated rings. The predicted octanol–water partition coefficient (Wildman–Crippen LogP) is 3.59. The highest BCUT2D eigenvalue weighted by Crippen LogP contribution is 2.34. The molecule has 0 aliphatic carbocycles. The first-order valence-electron chi connectivity index (χ1n) is 9.28. The van der Waals surface area contributed by atoms with Gasteiger partial charge in [0.15, 0.2) is 5.92 Å². The molecule has 30 heavy (non-hydrogen) atoms. The molecule has 0 radical (unpaired) electrons. The Morgan fingerprint density at radius 2 is 1.60 bits per heavy atom. The zero-order chi connectivity index (χ0) is 21.3. The van der Waals surface area contributed by atoms with Crippen LogP contribution in [0.1, 0.15) is 11.5 Å². The molecule has 2 aromatic heterocycles. The fourth-order valence-corrected chi connectivity index (χ4v) is 3.62. The van der Waals surface area contributed by atoms with Crippen LogP contribution in [0, 0.1) is 0 Å². The van der Waals surface area contributed by atoms with E-state index in [1.807, 2.05) is 54.6 Å². The van der Waals surface area contributed by atoms with Crippen molar-refractivity contribution in [2.75, 3.05) is 21.3 Å². The summed E-state index contributed by atoms with van der Waals surface area (Å²) < 4.78 is 16.7. The van der Waals surface area contributed by atoms with Crippen LogP contribution in [0.5, 0.6) is 5.75 Å². The number of hydrogen-bond donors (Lipinski definition) is 0. The molecule has 4 rings (SSSR count). The van der Waals surface area contributed by atoms with Crippen LogP contribution in [-0.2, 0) is 19.1 Å². The molecule has 7 nitrogen and oxygen atoms in total. The normalized spacial score (nSPS) is 11.1. The highest BCUT2D eigenvalue weighted by Gasteiger charge is 2.34. The van der Waals surface area contributed by atoms with E-state index in [-0.39, 0.29) is 0 Å². The zero-order valence-corrected chi connectivity index (χ0v) is 16.8. The van der Waals surface area contributed by atoms with Gasteiger partial charge in [-0.1, -0.05) is 24.3 Å². The summed E-state index contributed by atoms with van der Waals surface area (Å²) in [5.74, 6) is -1.88. The largest absolute Gasteiger partial charge is 0.497 e. The van der Waals surface area contributed by atoms with Crippen LogP contribution >= 0.6 is 0 Å².